The molecule has 1 unspecified atom stereocenters. The first-order chi connectivity index (χ1) is 12.8. The zero-order chi connectivity index (χ0) is 19.7. The van der Waals surface area contributed by atoms with Crippen LogP contribution in [-0.2, 0) is 4.79 Å². The maximum Gasteiger partial charge on any atom is 0.262 e. The standard InChI is InChI=1S/C21H21IN2O3/c1-12(2)10-18(19(25)23-17-9-8-14(22)11-13(17)3)24-20(26)15-6-4-5-7-16(15)21(24)27/h4-9,11-12,18H,10H2,1-3H3,(H,23,25). The van der Waals surface area contributed by atoms with Gasteiger partial charge in [-0.2, -0.15) is 0 Å². The highest BCUT2D eigenvalue weighted by molar-refractivity contribution is 14.1. The van der Waals surface area contributed by atoms with E-state index in [0.29, 0.717) is 23.2 Å². The monoisotopic (exact) mass is 476 g/mol. The van der Waals surface area contributed by atoms with Crippen molar-refractivity contribution in [3.8, 4) is 0 Å². The summed E-state index contributed by atoms with van der Waals surface area (Å²) in [6, 6.07) is 11.6. The van der Waals surface area contributed by atoms with Gasteiger partial charge in [-0.05, 0) is 77.7 Å². The predicted molar refractivity (Wildman–Crippen MR) is 113 cm³/mol. The van der Waals surface area contributed by atoms with Crippen LogP contribution in [0.25, 0.3) is 0 Å². The molecule has 0 spiro atoms. The van der Waals surface area contributed by atoms with E-state index in [9.17, 15) is 14.4 Å². The first-order valence-electron chi connectivity index (χ1n) is 8.83. The molecule has 1 heterocycles. The Balaban J connectivity index is 1.91. The van der Waals surface area contributed by atoms with E-state index in [1.807, 2.05) is 39.0 Å². The molecule has 1 aliphatic rings. The predicted octanol–water partition coefficient (Wildman–Crippen LogP) is 4.25. The lowest BCUT2D eigenvalue weighted by Gasteiger charge is -2.27. The van der Waals surface area contributed by atoms with Crippen molar-refractivity contribution in [2.24, 2.45) is 5.92 Å². The molecule has 27 heavy (non-hydrogen) atoms. The Bertz CT molecular complexity index is 888. The van der Waals surface area contributed by atoms with Crippen molar-refractivity contribution >= 4 is 46.0 Å². The molecule has 2 aromatic rings. The summed E-state index contributed by atoms with van der Waals surface area (Å²) in [5.41, 5.74) is 2.33. The molecule has 1 aliphatic heterocycles. The number of fused-ring (bicyclic) bond motifs is 1. The maximum atomic E-state index is 13.1. The number of benzene rings is 2. The van der Waals surface area contributed by atoms with Crippen molar-refractivity contribution in [1.82, 2.24) is 4.90 Å². The zero-order valence-corrected chi connectivity index (χ0v) is 17.6. The van der Waals surface area contributed by atoms with Crippen LogP contribution in [0.2, 0.25) is 0 Å². The molecule has 0 fully saturated rings. The maximum absolute atomic E-state index is 13.1. The number of hydrogen-bond acceptors (Lipinski definition) is 3. The van der Waals surface area contributed by atoms with Crippen LogP contribution in [-0.4, -0.2) is 28.7 Å². The molecule has 3 rings (SSSR count). The van der Waals surface area contributed by atoms with Gasteiger partial charge in [-0.15, -0.1) is 0 Å². The lowest BCUT2D eigenvalue weighted by Crippen LogP contribution is -2.48. The van der Waals surface area contributed by atoms with Crippen LogP contribution in [0.5, 0.6) is 0 Å². The minimum absolute atomic E-state index is 0.142. The van der Waals surface area contributed by atoms with Gasteiger partial charge in [0.15, 0.2) is 0 Å². The lowest BCUT2D eigenvalue weighted by atomic mass is 10.0. The first-order valence-corrected chi connectivity index (χ1v) is 9.91. The van der Waals surface area contributed by atoms with Gasteiger partial charge < -0.3 is 5.32 Å². The van der Waals surface area contributed by atoms with E-state index in [1.54, 1.807) is 24.3 Å². The van der Waals surface area contributed by atoms with Crippen molar-refractivity contribution < 1.29 is 14.4 Å². The fourth-order valence-electron chi connectivity index (χ4n) is 3.25. The number of halogens is 1. The van der Waals surface area contributed by atoms with Crippen LogP contribution in [0, 0.1) is 16.4 Å². The van der Waals surface area contributed by atoms with Gasteiger partial charge in [-0.25, -0.2) is 0 Å². The van der Waals surface area contributed by atoms with E-state index in [0.717, 1.165) is 14.0 Å². The SMILES string of the molecule is Cc1cc(I)ccc1NC(=O)C(CC(C)C)N1C(=O)c2ccccc2C1=O. The number of anilines is 1. The molecular weight excluding hydrogens is 455 g/mol. The number of carbonyl (C=O) groups is 3. The molecule has 0 saturated heterocycles. The first kappa shape index (κ1) is 19.5. The number of carbonyl (C=O) groups excluding carboxylic acids is 3. The largest absolute Gasteiger partial charge is 0.324 e. The Morgan fingerprint density at radius 3 is 2.19 bits per heavy atom. The second-order valence-electron chi connectivity index (χ2n) is 7.12. The van der Waals surface area contributed by atoms with Crippen LogP contribution in [0.1, 0.15) is 46.5 Å². The molecule has 1 N–H and O–H groups in total. The van der Waals surface area contributed by atoms with Gasteiger partial charge in [0.2, 0.25) is 5.91 Å². The van der Waals surface area contributed by atoms with E-state index >= 15 is 0 Å². The Morgan fingerprint density at radius 1 is 1.07 bits per heavy atom. The summed E-state index contributed by atoms with van der Waals surface area (Å²) >= 11 is 2.21. The molecule has 5 nitrogen and oxygen atoms in total. The second kappa shape index (κ2) is 7.80. The summed E-state index contributed by atoms with van der Waals surface area (Å²) in [6.45, 7) is 5.85. The van der Waals surface area contributed by atoms with Crippen LogP contribution >= 0.6 is 22.6 Å². The third-order valence-electron chi connectivity index (χ3n) is 4.58. The average molecular weight is 476 g/mol. The van der Waals surface area contributed by atoms with E-state index in [2.05, 4.69) is 27.9 Å². The number of rotatable bonds is 5. The average Bonchev–Trinajstić information content (AvgIpc) is 2.86. The van der Waals surface area contributed by atoms with E-state index in [-0.39, 0.29) is 11.8 Å². The van der Waals surface area contributed by atoms with Gasteiger partial charge in [0.25, 0.3) is 11.8 Å². The topological polar surface area (TPSA) is 66.5 Å². The molecular formula is C21H21IN2O3. The molecule has 140 valence electrons. The van der Waals surface area contributed by atoms with Crippen molar-refractivity contribution in [2.45, 2.75) is 33.2 Å². The lowest BCUT2D eigenvalue weighted by molar-refractivity contribution is -0.120. The summed E-state index contributed by atoms with van der Waals surface area (Å²) in [7, 11) is 0. The number of nitrogens with zero attached hydrogens (tertiary/aromatic N) is 1. The second-order valence-corrected chi connectivity index (χ2v) is 8.37. The molecule has 0 saturated carbocycles. The highest BCUT2D eigenvalue weighted by Gasteiger charge is 2.42. The molecule has 0 aliphatic carbocycles. The van der Waals surface area contributed by atoms with Gasteiger partial charge in [-0.3, -0.25) is 19.3 Å². The molecule has 0 radical (unpaired) electrons. The number of nitrogens with one attached hydrogen (secondary N) is 1. The molecule has 0 aromatic heterocycles. The van der Waals surface area contributed by atoms with Crippen molar-refractivity contribution in [2.75, 3.05) is 5.32 Å². The highest BCUT2D eigenvalue weighted by Crippen LogP contribution is 2.28. The summed E-state index contributed by atoms with van der Waals surface area (Å²) in [5.74, 6) is -1.02. The Hall–Kier alpha value is -2.22. The van der Waals surface area contributed by atoms with Crippen LogP contribution in [0.4, 0.5) is 5.69 Å². The summed E-state index contributed by atoms with van der Waals surface area (Å²) < 4.78 is 1.07. The number of hydrogen-bond donors (Lipinski definition) is 1. The summed E-state index contributed by atoms with van der Waals surface area (Å²) in [4.78, 5) is 39.8. The minimum atomic E-state index is -0.851. The summed E-state index contributed by atoms with van der Waals surface area (Å²) in [6.07, 6.45) is 0.403. The molecule has 1 atom stereocenters. The van der Waals surface area contributed by atoms with Crippen LogP contribution < -0.4 is 5.32 Å². The van der Waals surface area contributed by atoms with Crippen molar-refractivity contribution in [3.63, 3.8) is 0 Å². The minimum Gasteiger partial charge on any atom is -0.324 e. The highest BCUT2D eigenvalue weighted by atomic mass is 127. The molecule has 6 heteroatoms. The van der Waals surface area contributed by atoms with Crippen LogP contribution in [0.15, 0.2) is 42.5 Å². The van der Waals surface area contributed by atoms with E-state index < -0.39 is 17.9 Å². The van der Waals surface area contributed by atoms with Gasteiger partial charge in [0.05, 0.1) is 11.1 Å². The molecule has 0 bridgehead atoms. The van der Waals surface area contributed by atoms with E-state index in [4.69, 9.17) is 0 Å². The molecule has 3 amide bonds. The molecule has 2 aromatic carbocycles. The smallest absolute Gasteiger partial charge is 0.262 e. The fourth-order valence-corrected chi connectivity index (χ4v) is 3.90. The normalized spacial score (nSPS) is 14.5. The van der Waals surface area contributed by atoms with E-state index in [1.165, 1.54) is 0 Å². The van der Waals surface area contributed by atoms with Crippen molar-refractivity contribution in [3.05, 3.63) is 62.7 Å². The Kier molecular flexibility index (Phi) is 5.64. The number of amides is 3. The fraction of sp³-hybridized carbons (Fsp3) is 0.286. The Morgan fingerprint density at radius 2 is 1.67 bits per heavy atom. The Labute approximate surface area is 172 Å². The van der Waals surface area contributed by atoms with Gasteiger partial charge >= 0.3 is 0 Å². The van der Waals surface area contributed by atoms with Gasteiger partial charge in [0, 0.05) is 9.26 Å². The van der Waals surface area contributed by atoms with Gasteiger partial charge in [-0.1, -0.05) is 26.0 Å². The third kappa shape index (κ3) is 3.90. The third-order valence-corrected chi connectivity index (χ3v) is 5.25. The number of aryl methyl sites for hydroxylation is 1. The van der Waals surface area contributed by atoms with Crippen molar-refractivity contribution in [1.29, 1.82) is 0 Å². The van der Waals surface area contributed by atoms with Crippen LogP contribution in [0.3, 0.4) is 0 Å². The quantitative estimate of drug-likeness (QED) is 0.519. The zero-order valence-electron chi connectivity index (χ0n) is 15.5. The summed E-state index contributed by atoms with van der Waals surface area (Å²) in [5, 5.41) is 2.90. The van der Waals surface area contributed by atoms with Gasteiger partial charge in [0.1, 0.15) is 6.04 Å². The number of imide groups is 1.